The Balaban J connectivity index is 1.59. The Morgan fingerprint density at radius 2 is 1.79 bits per heavy atom. The zero-order valence-electron chi connectivity index (χ0n) is 20.0. The highest BCUT2D eigenvalue weighted by Crippen LogP contribution is 2.26. The number of rotatable bonds is 4. The summed E-state index contributed by atoms with van der Waals surface area (Å²) >= 11 is 1.38. The molecule has 4 aromatic rings. The number of hydrogen-bond donors (Lipinski definition) is 0. The van der Waals surface area contributed by atoms with Crippen molar-refractivity contribution in [1.29, 1.82) is 0 Å². The molecule has 3 heterocycles. The molecule has 0 aliphatic carbocycles. The maximum Gasteiger partial charge on any atom is 0.267 e. The van der Waals surface area contributed by atoms with Crippen LogP contribution in [0.3, 0.4) is 0 Å². The van der Waals surface area contributed by atoms with Gasteiger partial charge in [0, 0.05) is 13.1 Å². The molecule has 5 rings (SSSR count). The van der Waals surface area contributed by atoms with Crippen molar-refractivity contribution in [2.75, 3.05) is 18.8 Å². The molecule has 1 saturated heterocycles. The number of thioether (sulfide) groups is 1. The van der Waals surface area contributed by atoms with Gasteiger partial charge in [-0.05, 0) is 61.4 Å². The molecule has 2 aromatic carbocycles. The third-order valence-electron chi connectivity index (χ3n) is 6.55. The highest BCUT2D eigenvalue weighted by molar-refractivity contribution is 7.99. The molecular weight excluding hydrogens is 446 g/mol. The Kier molecular flexibility index (Phi) is 5.93. The number of hydrogen-bond acceptors (Lipinski definition) is 5. The average Bonchev–Trinajstić information content (AvgIpc) is 3.23. The Morgan fingerprint density at radius 3 is 2.56 bits per heavy atom. The summed E-state index contributed by atoms with van der Waals surface area (Å²) in [6, 6.07) is 13.5. The van der Waals surface area contributed by atoms with E-state index in [1.165, 1.54) is 11.8 Å². The predicted octanol–water partition coefficient (Wildman–Crippen LogP) is 4.25. The summed E-state index contributed by atoms with van der Waals surface area (Å²) in [6.45, 7) is 10.0. The van der Waals surface area contributed by atoms with Gasteiger partial charge in [-0.1, -0.05) is 49.9 Å². The molecule has 0 bridgehead atoms. The van der Waals surface area contributed by atoms with Crippen LogP contribution >= 0.6 is 11.8 Å². The number of nitrogens with zero attached hydrogens (tertiary/aromatic N) is 5. The molecule has 2 aromatic heterocycles. The SMILES string of the molecule is Cc1ccc(C)c(-n2c(=O)c3ccccc3n3c(SCC(=O)N4CC(C)CC(C)C4)nnc23)c1. The van der Waals surface area contributed by atoms with Gasteiger partial charge in [0.1, 0.15) is 0 Å². The van der Waals surface area contributed by atoms with Gasteiger partial charge in [-0.25, -0.2) is 4.57 Å². The lowest BCUT2D eigenvalue weighted by Gasteiger charge is -2.34. The van der Waals surface area contributed by atoms with Crippen LogP contribution in [-0.2, 0) is 4.79 Å². The number of piperidine rings is 1. The van der Waals surface area contributed by atoms with Crippen molar-refractivity contribution in [3.8, 4) is 5.69 Å². The van der Waals surface area contributed by atoms with Gasteiger partial charge in [-0.15, -0.1) is 10.2 Å². The largest absolute Gasteiger partial charge is 0.341 e. The van der Waals surface area contributed by atoms with E-state index in [-0.39, 0.29) is 17.2 Å². The summed E-state index contributed by atoms with van der Waals surface area (Å²) in [4.78, 5) is 28.5. The molecule has 8 heteroatoms. The Morgan fingerprint density at radius 1 is 1.06 bits per heavy atom. The number of para-hydroxylation sites is 1. The third-order valence-corrected chi connectivity index (χ3v) is 7.46. The molecular formula is C26H29N5O2S. The first kappa shape index (κ1) is 22.7. The van der Waals surface area contributed by atoms with Crippen molar-refractivity contribution in [3.63, 3.8) is 0 Å². The van der Waals surface area contributed by atoms with Gasteiger partial charge in [0.05, 0.1) is 22.3 Å². The summed E-state index contributed by atoms with van der Waals surface area (Å²) in [7, 11) is 0. The lowest BCUT2D eigenvalue weighted by atomic mass is 9.92. The van der Waals surface area contributed by atoms with E-state index >= 15 is 0 Å². The van der Waals surface area contributed by atoms with Crippen molar-refractivity contribution < 1.29 is 4.79 Å². The Hall–Kier alpha value is -3.13. The van der Waals surface area contributed by atoms with Crippen molar-refractivity contribution in [1.82, 2.24) is 24.1 Å². The molecule has 34 heavy (non-hydrogen) atoms. The van der Waals surface area contributed by atoms with Crippen molar-refractivity contribution in [2.24, 2.45) is 11.8 Å². The first-order chi connectivity index (χ1) is 16.3. The summed E-state index contributed by atoms with van der Waals surface area (Å²) in [6.07, 6.45) is 1.16. The van der Waals surface area contributed by atoms with Gasteiger partial charge in [0.15, 0.2) is 5.16 Å². The first-order valence-corrected chi connectivity index (χ1v) is 12.7. The van der Waals surface area contributed by atoms with Crippen LogP contribution in [0, 0.1) is 25.7 Å². The van der Waals surface area contributed by atoms with Crippen LogP contribution in [0.2, 0.25) is 0 Å². The van der Waals surface area contributed by atoms with Crippen LogP contribution in [0.1, 0.15) is 31.4 Å². The van der Waals surface area contributed by atoms with E-state index in [9.17, 15) is 9.59 Å². The molecule has 0 N–H and O–H groups in total. The molecule has 7 nitrogen and oxygen atoms in total. The van der Waals surface area contributed by atoms with E-state index in [1.54, 1.807) is 4.57 Å². The lowest BCUT2D eigenvalue weighted by Crippen LogP contribution is -2.43. The summed E-state index contributed by atoms with van der Waals surface area (Å²) in [5.74, 6) is 1.89. The predicted molar refractivity (Wildman–Crippen MR) is 136 cm³/mol. The van der Waals surface area contributed by atoms with Crippen molar-refractivity contribution in [2.45, 2.75) is 39.3 Å². The standard InChI is InChI=1S/C26H29N5O2S/c1-16-9-10-19(4)22(12-16)30-24(33)20-7-5-6-8-21(20)31-25(30)27-28-26(31)34-15-23(32)29-13-17(2)11-18(3)14-29/h5-10,12,17-18H,11,13-15H2,1-4H3. The molecule has 1 aliphatic heterocycles. The van der Waals surface area contributed by atoms with Gasteiger partial charge in [-0.2, -0.15) is 0 Å². The van der Waals surface area contributed by atoms with Gasteiger partial charge < -0.3 is 4.90 Å². The quantitative estimate of drug-likeness (QED) is 0.413. The van der Waals surface area contributed by atoms with E-state index in [0.29, 0.717) is 28.2 Å². The number of amides is 1. The number of carbonyl (C=O) groups is 1. The molecule has 1 aliphatic rings. The number of aromatic nitrogens is 4. The number of fused-ring (bicyclic) bond motifs is 3. The molecule has 176 valence electrons. The number of likely N-dealkylation sites (tertiary alicyclic amines) is 1. The smallest absolute Gasteiger partial charge is 0.267 e. The van der Waals surface area contributed by atoms with E-state index < -0.39 is 0 Å². The molecule has 2 atom stereocenters. The first-order valence-electron chi connectivity index (χ1n) is 11.7. The van der Waals surface area contributed by atoms with E-state index in [0.717, 1.165) is 41.8 Å². The maximum absolute atomic E-state index is 13.6. The lowest BCUT2D eigenvalue weighted by molar-refractivity contribution is -0.130. The third kappa shape index (κ3) is 4.00. The summed E-state index contributed by atoms with van der Waals surface area (Å²) < 4.78 is 3.54. The fourth-order valence-electron chi connectivity index (χ4n) is 5.03. The van der Waals surface area contributed by atoms with Crippen molar-refractivity contribution in [3.05, 3.63) is 63.9 Å². The van der Waals surface area contributed by atoms with Crippen LogP contribution in [0.15, 0.2) is 52.4 Å². The van der Waals surface area contributed by atoms with Gasteiger partial charge in [0.25, 0.3) is 5.56 Å². The van der Waals surface area contributed by atoms with Crippen molar-refractivity contribution >= 4 is 34.3 Å². The van der Waals surface area contributed by atoms with Gasteiger partial charge in [0.2, 0.25) is 11.7 Å². The number of benzene rings is 2. The van der Waals surface area contributed by atoms with E-state index in [4.69, 9.17) is 0 Å². The van der Waals surface area contributed by atoms with Crippen LogP contribution < -0.4 is 5.56 Å². The molecule has 1 amide bonds. The molecule has 0 radical (unpaired) electrons. The maximum atomic E-state index is 13.6. The second-order valence-corrected chi connectivity index (χ2v) is 10.5. The minimum absolute atomic E-state index is 0.118. The normalized spacial score (nSPS) is 18.6. The Labute approximate surface area is 202 Å². The van der Waals surface area contributed by atoms with Crippen LogP contribution in [0.4, 0.5) is 0 Å². The van der Waals surface area contributed by atoms with Crippen LogP contribution in [0.5, 0.6) is 0 Å². The highest BCUT2D eigenvalue weighted by atomic mass is 32.2. The molecule has 2 unspecified atom stereocenters. The second kappa shape index (κ2) is 8.91. The molecule has 0 spiro atoms. The number of carbonyl (C=O) groups excluding carboxylic acids is 1. The summed E-state index contributed by atoms with van der Waals surface area (Å²) in [5, 5.41) is 10.0. The minimum Gasteiger partial charge on any atom is -0.341 e. The zero-order chi connectivity index (χ0) is 24.0. The van der Waals surface area contributed by atoms with Gasteiger partial charge >= 0.3 is 0 Å². The summed E-state index contributed by atoms with van der Waals surface area (Å²) in [5.41, 5.74) is 3.43. The fourth-order valence-corrected chi connectivity index (χ4v) is 5.88. The monoisotopic (exact) mass is 475 g/mol. The van der Waals surface area contributed by atoms with E-state index in [2.05, 4.69) is 24.0 Å². The van der Waals surface area contributed by atoms with E-state index in [1.807, 2.05) is 65.6 Å². The zero-order valence-corrected chi connectivity index (χ0v) is 20.8. The van der Waals surface area contributed by atoms with Gasteiger partial charge in [-0.3, -0.25) is 14.0 Å². The number of aryl methyl sites for hydroxylation is 2. The molecule has 0 saturated carbocycles. The topological polar surface area (TPSA) is 72.5 Å². The molecule has 1 fully saturated rings. The fraction of sp³-hybridized carbons (Fsp3) is 0.385. The highest BCUT2D eigenvalue weighted by Gasteiger charge is 2.26. The second-order valence-electron chi connectivity index (χ2n) is 9.60. The Bertz CT molecular complexity index is 1450. The average molecular weight is 476 g/mol. The van der Waals surface area contributed by atoms with Crippen LogP contribution in [-0.4, -0.2) is 48.8 Å². The minimum atomic E-state index is -0.131. The van der Waals surface area contributed by atoms with Crippen LogP contribution in [0.25, 0.3) is 22.4 Å².